The number of rotatable bonds is 3. The number of nitrogens with zero attached hydrogens (tertiary/aromatic N) is 1. The van der Waals surface area contributed by atoms with Crippen LogP contribution in [-0.4, -0.2) is 31.4 Å². The number of benzene rings is 1. The number of imide groups is 1. The second-order valence-corrected chi connectivity index (χ2v) is 4.56. The van der Waals surface area contributed by atoms with Gasteiger partial charge in [-0.05, 0) is 30.2 Å². The van der Waals surface area contributed by atoms with Crippen LogP contribution in [-0.2, 0) is 9.59 Å². The molecule has 18 heavy (non-hydrogen) atoms. The average molecular weight is 247 g/mol. The Morgan fingerprint density at radius 2 is 1.78 bits per heavy atom. The molecule has 1 aromatic carbocycles. The van der Waals surface area contributed by atoms with Gasteiger partial charge in [-0.25, -0.2) is 0 Å². The number of hydrogen-bond donors (Lipinski definition) is 2. The SMILES string of the molecule is CC(CN)c1ccc(N2CC(=O)NC(=O)C2)cc1. The van der Waals surface area contributed by atoms with Crippen LogP contribution >= 0.6 is 0 Å². The van der Waals surface area contributed by atoms with Crippen LogP contribution in [0.4, 0.5) is 5.69 Å². The molecule has 0 aromatic heterocycles. The van der Waals surface area contributed by atoms with Gasteiger partial charge >= 0.3 is 0 Å². The maximum absolute atomic E-state index is 11.3. The molecular formula is C13H17N3O2. The van der Waals surface area contributed by atoms with Crippen molar-refractivity contribution in [3.63, 3.8) is 0 Å². The summed E-state index contributed by atoms with van der Waals surface area (Å²) in [6, 6.07) is 7.83. The molecule has 0 aliphatic carbocycles. The largest absolute Gasteiger partial charge is 0.353 e. The quantitative estimate of drug-likeness (QED) is 0.749. The van der Waals surface area contributed by atoms with Gasteiger partial charge in [0.25, 0.3) is 0 Å². The summed E-state index contributed by atoms with van der Waals surface area (Å²) in [6.45, 7) is 3.10. The third-order valence-corrected chi connectivity index (χ3v) is 3.13. The Morgan fingerprint density at radius 3 is 2.28 bits per heavy atom. The minimum Gasteiger partial charge on any atom is -0.353 e. The van der Waals surface area contributed by atoms with E-state index < -0.39 is 0 Å². The first-order valence-corrected chi connectivity index (χ1v) is 5.98. The van der Waals surface area contributed by atoms with E-state index in [1.807, 2.05) is 24.3 Å². The van der Waals surface area contributed by atoms with Crippen LogP contribution in [0.5, 0.6) is 0 Å². The predicted molar refractivity (Wildman–Crippen MR) is 69.3 cm³/mol. The predicted octanol–water partition coefficient (Wildman–Crippen LogP) is 0.212. The van der Waals surface area contributed by atoms with Crippen molar-refractivity contribution >= 4 is 17.5 Å². The highest BCUT2D eigenvalue weighted by atomic mass is 16.2. The first-order valence-electron chi connectivity index (χ1n) is 5.98. The molecule has 0 saturated carbocycles. The van der Waals surface area contributed by atoms with Gasteiger partial charge in [0.1, 0.15) is 0 Å². The van der Waals surface area contributed by atoms with Gasteiger partial charge in [-0.1, -0.05) is 19.1 Å². The Bertz CT molecular complexity index is 440. The van der Waals surface area contributed by atoms with Gasteiger partial charge in [-0.2, -0.15) is 0 Å². The number of amides is 2. The van der Waals surface area contributed by atoms with Crippen molar-refractivity contribution in [2.45, 2.75) is 12.8 Å². The normalized spacial score (nSPS) is 17.6. The van der Waals surface area contributed by atoms with Gasteiger partial charge in [-0.15, -0.1) is 0 Å². The van der Waals surface area contributed by atoms with Crippen molar-refractivity contribution in [3.8, 4) is 0 Å². The zero-order chi connectivity index (χ0) is 13.1. The molecule has 0 bridgehead atoms. The van der Waals surface area contributed by atoms with Gasteiger partial charge in [0.2, 0.25) is 11.8 Å². The fraction of sp³-hybridized carbons (Fsp3) is 0.385. The Labute approximate surface area is 106 Å². The standard InChI is InChI=1S/C13H17N3O2/c1-9(6-14)10-2-4-11(5-3-10)16-7-12(17)15-13(18)8-16/h2-5,9H,6-8,14H2,1H3,(H,15,17,18). The van der Waals surface area contributed by atoms with Crippen LogP contribution in [0.2, 0.25) is 0 Å². The minimum absolute atomic E-state index is 0.220. The first-order chi connectivity index (χ1) is 8.60. The molecule has 0 spiro atoms. The summed E-state index contributed by atoms with van der Waals surface area (Å²) in [5, 5.41) is 2.28. The van der Waals surface area contributed by atoms with Crippen molar-refractivity contribution in [1.29, 1.82) is 0 Å². The fourth-order valence-electron chi connectivity index (χ4n) is 1.97. The van der Waals surface area contributed by atoms with E-state index >= 15 is 0 Å². The van der Waals surface area contributed by atoms with E-state index in [-0.39, 0.29) is 24.9 Å². The Balaban J connectivity index is 2.14. The van der Waals surface area contributed by atoms with E-state index in [4.69, 9.17) is 5.73 Å². The number of carbonyl (C=O) groups excluding carboxylic acids is 2. The number of carbonyl (C=O) groups is 2. The summed E-state index contributed by atoms with van der Waals surface area (Å²) < 4.78 is 0. The highest BCUT2D eigenvalue weighted by molar-refractivity contribution is 6.02. The summed E-state index contributed by atoms with van der Waals surface area (Å²) in [5.41, 5.74) is 7.66. The number of hydrogen-bond acceptors (Lipinski definition) is 4. The lowest BCUT2D eigenvalue weighted by Crippen LogP contribution is -2.51. The highest BCUT2D eigenvalue weighted by Gasteiger charge is 2.22. The van der Waals surface area contributed by atoms with Gasteiger partial charge in [0, 0.05) is 5.69 Å². The summed E-state index contributed by atoms with van der Waals surface area (Å²) in [7, 11) is 0. The summed E-state index contributed by atoms with van der Waals surface area (Å²) >= 11 is 0. The molecule has 5 nitrogen and oxygen atoms in total. The molecule has 5 heteroatoms. The van der Waals surface area contributed by atoms with Gasteiger partial charge in [0.05, 0.1) is 13.1 Å². The second-order valence-electron chi connectivity index (χ2n) is 4.56. The summed E-state index contributed by atoms with van der Waals surface area (Å²) in [5.74, 6) is -0.207. The van der Waals surface area contributed by atoms with E-state index in [1.165, 1.54) is 0 Å². The molecule has 3 N–H and O–H groups in total. The van der Waals surface area contributed by atoms with Crippen LogP contribution in [0.1, 0.15) is 18.4 Å². The number of anilines is 1. The van der Waals surface area contributed by atoms with Crippen molar-refractivity contribution in [3.05, 3.63) is 29.8 Å². The molecule has 1 aliphatic heterocycles. The molecule has 1 fully saturated rings. The Hall–Kier alpha value is -1.88. The van der Waals surface area contributed by atoms with Crippen molar-refractivity contribution < 1.29 is 9.59 Å². The minimum atomic E-state index is -0.259. The third kappa shape index (κ3) is 2.68. The van der Waals surface area contributed by atoms with Gasteiger partial charge in [-0.3, -0.25) is 14.9 Å². The van der Waals surface area contributed by atoms with E-state index in [0.717, 1.165) is 11.3 Å². The molecule has 1 saturated heterocycles. The van der Waals surface area contributed by atoms with E-state index in [2.05, 4.69) is 12.2 Å². The molecule has 96 valence electrons. The lowest BCUT2D eigenvalue weighted by molar-refractivity contribution is -0.130. The molecule has 1 atom stereocenters. The molecule has 2 rings (SSSR count). The van der Waals surface area contributed by atoms with E-state index in [1.54, 1.807) is 4.90 Å². The second kappa shape index (κ2) is 5.18. The zero-order valence-corrected chi connectivity index (χ0v) is 10.3. The molecule has 0 radical (unpaired) electrons. The Morgan fingerprint density at radius 1 is 1.22 bits per heavy atom. The van der Waals surface area contributed by atoms with E-state index in [0.29, 0.717) is 12.5 Å². The summed E-state index contributed by atoms with van der Waals surface area (Å²) in [4.78, 5) is 24.3. The van der Waals surface area contributed by atoms with Crippen molar-refractivity contribution in [2.24, 2.45) is 5.73 Å². The molecule has 1 heterocycles. The third-order valence-electron chi connectivity index (χ3n) is 3.13. The van der Waals surface area contributed by atoms with Crippen molar-refractivity contribution in [2.75, 3.05) is 24.5 Å². The molecule has 2 amide bonds. The molecule has 1 aliphatic rings. The van der Waals surface area contributed by atoms with Crippen molar-refractivity contribution in [1.82, 2.24) is 5.32 Å². The number of nitrogens with one attached hydrogen (secondary N) is 1. The van der Waals surface area contributed by atoms with Crippen LogP contribution < -0.4 is 16.0 Å². The topological polar surface area (TPSA) is 75.4 Å². The first kappa shape index (κ1) is 12.6. The number of nitrogens with two attached hydrogens (primary N) is 1. The maximum Gasteiger partial charge on any atom is 0.246 e. The van der Waals surface area contributed by atoms with Crippen LogP contribution in [0.25, 0.3) is 0 Å². The highest BCUT2D eigenvalue weighted by Crippen LogP contribution is 2.20. The van der Waals surface area contributed by atoms with E-state index in [9.17, 15) is 9.59 Å². The fourth-order valence-corrected chi connectivity index (χ4v) is 1.97. The lowest BCUT2D eigenvalue weighted by Gasteiger charge is -2.27. The van der Waals surface area contributed by atoms with Crippen LogP contribution in [0, 0.1) is 0 Å². The average Bonchev–Trinajstić information content (AvgIpc) is 2.37. The number of piperazine rings is 1. The molecular weight excluding hydrogens is 230 g/mol. The lowest BCUT2D eigenvalue weighted by atomic mass is 10.0. The Kier molecular flexibility index (Phi) is 3.62. The maximum atomic E-state index is 11.3. The molecule has 1 aromatic rings. The van der Waals surface area contributed by atoms with Gasteiger partial charge in [0.15, 0.2) is 0 Å². The van der Waals surface area contributed by atoms with Crippen LogP contribution in [0.15, 0.2) is 24.3 Å². The molecule has 1 unspecified atom stereocenters. The van der Waals surface area contributed by atoms with Gasteiger partial charge < -0.3 is 10.6 Å². The monoisotopic (exact) mass is 247 g/mol. The van der Waals surface area contributed by atoms with Crippen LogP contribution in [0.3, 0.4) is 0 Å². The summed E-state index contributed by atoms with van der Waals surface area (Å²) in [6.07, 6.45) is 0. The smallest absolute Gasteiger partial charge is 0.246 e. The zero-order valence-electron chi connectivity index (χ0n) is 10.3.